The maximum atomic E-state index is 14.6. The quantitative estimate of drug-likeness (QED) is 0.720. The van der Waals surface area contributed by atoms with Gasteiger partial charge in [-0.3, -0.25) is 14.9 Å². The number of carbonyl (C=O) groups excluding carboxylic acids is 3. The molecule has 3 fully saturated rings. The summed E-state index contributed by atoms with van der Waals surface area (Å²) < 4.78 is 20.0. The van der Waals surface area contributed by atoms with Crippen molar-refractivity contribution in [3.05, 3.63) is 29.6 Å². The van der Waals surface area contributed by atoms with Gasteiger partial charge in [0.15, 0.2) is 0 Å². The Labute approximate surface area is 175 Å². The van der Waals surface area contributed by atoms with Gasteiger partial charge < -0.3 is 15.0 Å². The van der Waals surface area contributed by atoms with Crippen LogP contribution in [0.4, 0.5) is 14.9 Å². The van der Waals surface area contributed by atoms with Crippen molar-refractivity contribution in [2.45, 2.75) is 56.9 Å². The average molecular weight is 417 g/mol. The topological polar surface area (TPSA) is 87.7 Å². The zero-order valence-corrected chi connectivity index (χ0v) is 17.0. The Kier molecular flexibility index (Phi) is 6.20. The van der Waals surface area contributed by atoms with Crippen LogP contribution in [0.15, 0.2) is 18.2 Å². The molecule has 30 heavy (non-hydrogen) atoms. The minimum atomic E-state index is -0.638. The van der Waals surface area contributed by atoms with Gasteiger partial charge in [0.2, 0.25) is 11.8 Å². The van der Waals surface area contributed by atoms with E-state index in [4.69, 9.17) is 4.74 Å². The molecule has 1 saturated carbocycles. The number of hydrogen-bond acceptors (Lipinski definition) is 5. The predicted molar refractivity (Wildman–Crippen MR) is 109 cm³/mol. The van der Waals surface area contributed by atoms with Gasteiger partial charge in [-0.15, -0.1) is 0 Å². The SMILES string of the molecule is O=C1CCC(c2ccc(N3CC(NC(=O)OCC4CCCCC4)C3)cc2F)C(=O)N1. The highest BCUT2D eigenvalue weighted by Crippen LogP contribution is 2.31. The maximum absolute atomic E-state index is 14.6. The highest BCUT2D eigenvalue weighted by molar-refractivity contribution is 6.01. The Balaban J connectivity index is 1.24. The molecule has 1 unspecified atom stereocenters. The standard InChI is InChI=1S/C22H28FN3O4/c23-19-10-16(6-7-17(19)18-8-9-20(27)25-21(18)28)26-11-15(12-26)24-22(29)30-13-14-4-2-1-3-5-14/h6-7,10,14-15,18H,1-5,8-9,11-13H2,(H,24,29)(H,25,27,28). The highest BCUT2D eigenvalue weighted by Gasteiger charge is 2.32. The molecule has 1 aromatic rings. The lowest BCUT2D eigenvalue weighted by Gasteiger charge is -2.41. The lowest BCUT2D eigenvalue weighted by molar-refractivity contribution is -0.134. The summed E-state index contributed by atoms with van der Waals surface area (Å²) in [6.45, 7) is 1.64. The number of hydrogen-bond donors (Lipinski definition) is 2. The van der Waals surface area contributed by atoms with Crippen LogP contribution in [0.3, 0.4) is 0 Å². The molecule has 4 rings (SSSR count). The Morgan fingerprint density at radius 2 is 1.93 bits per heavy atom. The number of anilines is 1. The molecular formula is C22H28FN3O4. The molecule has 8 heteroatoms. The summed E-state index contributed by atoms with van der Waals surface area (Å²) in [6.07, 6.45) is 6.11. The third kappa shape index (κ3) is 4.74. The molecule has 2 N–H and O–H groups in total. The first-order valence-corrected chi connectivity index (χ1v) is 10.8. The molecule has 1 aromatic carbocycles. The predicted octanol–water partition coefficient (Wildman–Crippen LogP) is 2.84. The van der Waals surface area contributed by atoms with Crippen LogP contribution in [0.2, 0.25) is 0 Å². The fourth-order valence-corrected chi connectivity index (χ4v) is 4.52. The number of halogens is 1. The van der Waals surface area contributed by atoms with Gasteiger partial charge in [-0.05, 0) is 37.3 Å². The number of imide groups is 1. The molecular weight excluding hydrogens is 389 g/mol. The van der Waals surface area contributed by atoms with Crippen molar-refractivity contribution >= 4 is 23.6 Å². The highest BCUT2D eigenvalue weighted by atomic mass is 19.1. The van der Waals surface area contributed by atoms with Crippen LogP contribution in [-0.2, 0) is 14.3 Å². The van der Waals surface area contributed by atoms with E-state index in [1.807, 2.05) is 4.90 Å². The lowest BCUT2D eigenvalue weighted by Crippen LogP contribution is -2.59. The minimum absolute atomic E-state index is 0.0262. The first kappa shape index (κ1) is 20.6. The summed E-state index contributed by atoms with van der Waals surface area (Å²) >= 11 is 0. The van der Waals surface area contributed by atoms with E-state index in [1.54, 1.807) is 12.1 Å². The number of nitrogens with one attached hydrogen (secondary N) is 2. The molecule has 1 atom stereocenters. The average Bonchev–Trinajstić information content (AvgIpc) is 2.70. The van der Waals surface area contributed by atoms with Crippen molar-refractivity contribution in [3.8, 4) is 0 Å². The number of ether oxygens (including phenoxy) is 1. The molecule has 162 valence electrons. The van der Waals surface area contributed by atoms with Gasteiger partial charge in [-0.25, -0.2) is 9.18 Å². The third-order valence-corrected chi connectivity index (χ3v) is 6.34. The zero-order chi connectivity index (χ0) is 21.1. The first-order chi connectivity index (χ1) is 14.5. The zero-order valence-electron chi connectivity index (χ0n) is 17.0. The van der Waals surface area contributed by atoms with Crippen LogP contribution in [-0.4, -0.2) is 43.6 Å². The van der Waals surface area contributed by atoms with Gasteiger partial charge in [-0.1, -0.05) is 25.3 Å². The van der Waals surface area contributed by atoms with E-state index in [9.17, 15) is 18.8 Å². The second-order valence-electron chi connectivity index (χ2n) is 8.56. The van der Waals surface area contributed by atoms with Crippen molar-refractivity contribution < 1.29 is 23.5 Å². The summed E-state index contributed by atoms with van der Waals surface area (Å²) in [6, 6.07) is 4.78. The number of piperidine rings is 1. The monoisotopic (exact) mass is 417 g/mol. The van der Waals surface area contributed by atoms with Crippen molar-refractivity contribution in [1.29, 1.82) is 0 Å². The molecule has 2 heterocycles. The van der Waals surface area contributed by atoms with E-state index < -0.39 is 17.6 Å². The van der Waals surface area contributed by atoms with Gasteiger partial charge in [0.05, 0.1) is 18.6 Å². The Hall–Kier alpha value is -2.64. The smallest absolute Gasteiger partial charge is 0.407 e. The molecule has 3 amide bonds. The number of carbonyl (C=O) groups is 3. The number of nitrogens with zero attached hydrogens (tertiary/aromatic N) is 1. The van der Waals surface area contributed by atoms with Crippen LogP contribution in [0.5, 0.6) is 0 Å². The molecule has 0 aromatic heterocycles. The van der Waals surface area contributed by atoms with Crippen LogP contribution in [0, 0.1) is 11.7 Å². The normalized spacial score (nSPS) is 23.0. The van der Waals surface area contributed by atoms with Crippen LogP contribution < -0.4 is 15.5 Å². The van der Waals surface area contributed by atoms with Crippen LogP contribution in [0.1, 0.15) is 56.4 Å². The fraction of sp³-hybridized carbons (Fsp3) is 0.591. The number of alkyl carbamates (subject to hydrolysis) is 1. The van der Waals surface area contributed by atoms with E-state index in [1.165, 1.54) is 25.3 Å². The molecule has 0 radical (unpaired) electrons. The third-order valence-electron chi connectivity index (χ3n) is 6.34. The second kappa shape index (κ2) is 9.02. The van der Waals surface area contributed by atoms with Crippen molar-refractivity contribution in [3.63, 3.8) is 0 Å². The van der Waals surface area contributed by atoms with Crippen LogP contribution >= 0.6 is 0 Å². The Morgan fingerprint density at radius 3 is 2.63 bits per heavy atom. The van der Waals surface area contributed by atoms with E-state index >= 15 is 0 Å². The Bertz CT molecular complexity index is 819. The maximum Gasteiger partial charge on any atom is 0.407 e. The summed E-state index contributed by atoms with van der Waals surface area (Å²) in [7, 11) is 0. The molecule has 0 bridgehead atoms. The summed E-state index contributed by atoms with van der Waals surface area (Å²) in [5.74, 6) is -1.37. The molecule has 3 aliphatic rings. The van der Waals surface area contributed by atoms with E-state index in [-0.39, 0.29) is 24.5 Å². The van der Waals surface area contributed by atoms with Gasteiger partial charge in [-0.2, -0.15) is 0 Å². The van der Waals surface area contributed by atoms with E-state index in [0.29, 0.717) is 43.3 Å². The van der Waals surface area contributed by atoms with Gasteiger partial charge in [0.1, 0.15) is 5.82 Å². The molecule has 2 saturated heterocycles. The van der Waals surface area contributed by atoms with Gasteiger partial charge in [0, 0.05) is 30.8 Å². The second-order valence-corrected chi connectivity index (χ2v) is 8.56. The summed E-state index contributed by atoms with van der Waals surface area (Å²) in [5.41, 5.74) is 1.02. The number of rotatable bonds is 5. The minimum Gasteiger partial charge on any atom is -0.449 e. The summed E-state index contributed by atoms with van der Waals surface area (Å²) in [4.78, 5) is 37.2. The Morgan fingerprint density at radius 1 is 1.17 bits per heavy atom. The lowest BCUT2D eigenvalue weighted by atomic mass is 9.90. The van der Waals surface area contributed by atoms with Crippen molar-refractivity contribution in [1.82, 2.24) is 10.6 Å². The number of benzene rings is 1. The molecule has 7 nitrogen and oxygen atoms in total. The van der Waals surface area contributed by atoms with E-state index in [2.05, 4.69) is 10.6 Å². The van der Waals surface area contributed by atoms with Crippen molar-refractivity contribution in [2.75, 3.05) is 24.6 Å². The molecule has 0 spiro atoms. The van der Waals surface area contributed by atoms with Gasteiger partial charge in [0.25, 0.3) is 0 Å². The first-order valence-electron chi connectivity index (χ1n) is 10.8. The van der Waals surface area contributed by atoms with Crippen molar-refractivity contribution in [2.24, 2.45) is 5.92 Å². The summed E-state index contributed by atoms with van der Waals surface area (Å²) in [5, 5.41) is 5.12. The number of amides is 3. The van der Waals surface area contributed by atoms with E-state index in [0.717, 1.165) is 12.8 Å². The fourth-order valence-electron chi connectivity index (χ4n) is 4.52. The van der Waals surface area contributed by atoms with Crippen LogP contribution in [0.25, 0.3) is 0 Å². The van der Waals surface area contributed by atoms with Gasteiger partial charge >= 0.3 is 6.09 Å². The molecule has 2 aliphatic heterocycles. The molecule has 1 aliphatic carbocycles. The largest absolute Gasteiger partial charge is 0.449 e.